The zero-order valence-corrected chi connectivity index (χ0v) is 13.5. The van der Waals surface area contributed by atoms with Crippen molar-refractivity contribution < 1.29 is 0 Å². The lowest BCUT2D eigenvalue weighted by atomic mass is 9.92. The number of nitrogens with zero attached hydrogens (tertiary/aromatic N) is 2. The van der Waals surface area contributed by atoms with Crippen molar-refractivity contribution in [2.45, 2.75) is 52.4 Å². The SMILES string of the molecule is CCCN1CCC(CCCN(CCC)CNC)CC1. The summed E-state index contributed by atoms with van der Waals surface area (Å²) in [5.74, 6) is 0.992. The molecule has 0 aromatic carbocycles. The van der Waals surface area contributed by atoms with Gasteiger partial charge in [0.15, 0.2) is 0 Å². The molecule has 3 heteroatoms. The van der Waals surface area contributed by atoms with E-state index in [9.17, 15) is 0 Å². The fourth-order valence-corrected chi connectivity index (χ4v) is 3.23. The molecule has 1 fully saturated rings. The maximum atomic E-state index is 3.28. The van der Waals surface area contributed by atoms with E-state index in [1.807, 2.05) is 7.05 Å². The third kappa shape index (κ3) is 7.28. The molecular formula is C16H35N3. The molecule has 0 spiro atoms. The van der Waals surface area contributed by atoms with Crippen LogP contribution in [0.1, 0.15) is 52.4 Å². The molecule has 0 unspecified atom stereocenters. The van der Waals surface area contributed by atoms with Gasteiger partial charge >= 0.3 is 0 Å². The van der Waals surface area contributed by atoms with Crippen LogP contribution in [0.25, 0.3) is 0 Å². The van der Waals surface area contributed by atoms with Crippen LogP contribution >= 0.6 is 0 Å². The second-order valence-electron chi connectivity index (χ2n) is 6.06. The third-order valence-corrected chi connectivity index (χ3v) is 4.26. The molecule has 1 N–H and O–H groups in total. The Morgan fingerprint density at radius 1 is 1.11 bits per heavy atom. The summed E-state index contributed by atoms with van der Waals surface area (Å²) in [7, 11) is 2.05. The van der Waals surface area contributed by atoms with Gasteiger partial charge < -0.3 is 10.2 Å². The minimum absolute atomic E-state index is 0.992. The summed E-state index contributed by atoms with van der Waals surface area (Å²) >= 11 is 0. The number of rotatable bonds is 10. The van der Waals surface area contributed by atoms with Gasteiger partial charge in [-0.2, -0.15) is 0 Å². The standard InChI is InChI=1S/C16H35N3/c1-4-10-18-13-8-16(9-14-18)7-6-12-19(11-5-2)15-17-3/h16-17H,4-15H2,1-3H3. The van der Waals surface area contributed by atoms with Crippen LogP contribution in [0.5, 0.6) is 0 Å². The van der Waals surface area contributed by atoms with Crippen LogP contribution in [0.15, 0.2) is 0 Å². The van der Waals surface area contributed by atoms with Crippen molar-refractivity contribution in [2.24, 2.45) is 5.92 Å². The lowest BCUT2D eigenvalue weighted by molar-refractivity contribution is 0.171. The van der Waals surface area contributed by atoms with Crippen molar-refractivity contribution in [3.63, 3.8) is 0 Å². The van der Waals surface area contributed by atoms with Crippen molar-refractivity contribution in [1.82, 2.24) is 15.1 Å². The summed E-state index contributed by atoms with van der Waals surface area (Å²) in [5.41, 5.74) is 0. The smallest absolute Gasteiger partial charge is 0.0477 e. The zero-order valence-electron chi connectivity index (χ0n) is 13.5. The van der Waals surface area contributed by atoms with Crippen LogP contribution in [0.3, 0.4) is 0 Å². The minimum atomic E-state index is 0.992. The van der Waals surface area contributed by atoms with Crippen LogP contribution in [0.4, 0.5) is 0 Å². The van der Waals surface area contributed by atoms with Crippen molar-refractivity contribution in [1.29, 1.82) is 0 Å². The fraction of sp³-hybridized carbons (Fsp3) is 1.00. The normalized spacial score (nSPS) is 18.3. The Morgan fingerprint density at radius 3 is 2.42 bits per heavy atom. The summed E-state index contributed by atoms with van der Waals surface area (Å²) in [6.45, 7) is 12.1. The summed E-state index contributed by atoms with van der Waals surface area (Å²) in [4.78, 5) is 5.19. The molecule has 0 saturated carbocycles. The van der Waals surface area contributed by atoms with Crippen LogP contribution in [0.2, 0.25) is 0 Å². The number of hydrogen-bond acceptors (Lipinski definition) is 3. The van der Waals surface area contributed by atoms with Crippen LogP contribution < -0.4 is 5.32 Å². The van der Waals surface area contributed by atoms with Gasteiger partial charge in [0.2, 0.25) is 0 Å². The van der Waals surface area contributed by atoms with E-state index >= 15 is 0 Å². The largest absolute Gasteiger partial charge is 0.307 e. The summed E-state index contributed by atoms with van der Waals surface area (Å²) in [5, 5.41) is 3.28. The molecule has 1 aliphatic heterocycles. The average molecular weight is 269 g/mol. The van der Waals surface area contributed by atoms with E-state index < -0.39 is 0 Å². The van der Waals surface area contributed by atoms with Gasteiger partial charge in [-0.25, -0.2) is 0 Å². The highest BCUT2D eigenvalue weighted by atomic mass is 15.2. The molecule has 19 heavy (non-hydrogen) atoms. The molecule has 0 aromatic rings. The van der Waals surface area contributed by atoms with E-state index in [2.05, 4.69) is 29.0 Å². The van der Waals surface area contributed by atoms with Crippen molar-refractivity contribution in [3.8, 4) is 0 Å². The second kappa shape index (κ2) is 10.6. The van der Waals surface area contributed by atoms with Crippen molar-refractivity contribution in [2.75, 3.05) is 46.4 Å². The van der Waals surface area contributed by atoms with Gasteiger partial charge in [0.25, 0.3) is 0 Å². The first-order valence-corrected chi connectivity index (χ1v) is 8.39. The third-order valence-electron chi connectivity index (χ3n) is 4.26. The highest BCUT2D eigenvalue weighted by Gasteiger charge is 2.18. The predicted molar refractivity (Wildman–Crippen MR) is 84.5 cm³/mol. The van der Waals surface area contributed by atoms with E-state index in [1.54, 1.807) is 0 Å². The second-order valence-corrected chi connectivity index (χ2v) is 6.06. The van der Waals surface area contributed by atoms with E-state index in [-0.39, 0.29) is 0 Å². The summed E-state index contributed by atoms with van der Waals surface area (Å²) < 4.78 is 0. The number of piperidine rings is 1. The first kappa shape index (κ1) is 16.9. The molecule has 1 heterocycles. The van der Waals surface area contributed by atoms with Gasteiger partial charge in [-0.3, -0.25) is 4.90 Å². The molecule has 0 radical (unpaired) electrons. The maximum Gasteiger partial charge on any atom is 0.0477 e. The van der Waals surface area contributed by atoms with Crippen molar-refractivity contribution >= 4 is 0 Å². The highest BCUT2D eigenvalue weighted by Crippen LogP contribution is 2.22. The molecule has 0 aromatic heterocycles. The van der Waals surface area contributed by atoms with E-state index in [0.29, 0.717) is 0 Å². The Hall–Kier alpha value is -0.120. The monoisotopic (exact) mass is 269 g/mol. The lowest BCUT2D eigenvalue weighted by Crippen LogP contribution is -2.35. The van der Waals surface area contributed by atoms with E-state index in [1.165, 1.54) is 71.2 Å². The molecule has 0 aliphatic carbocycles. The molecule has 0 amide bonds. The molecule has 114 valence electrons. The van der Waals surface area contributed by atoms with Crippen LogP contribution in [-0.4, -0.2) is 56.2 Å². The van der Waals surface area contributed by atoms with Crippen molar-refractivity contribution in [3.05, 3.63) is 0 Å². The fourth-order valence-electron chi connectivity index (χ4n) is 3.23. The Labute approximate surface area is 120 Å². The maximum absolute atomic E-state index is 3.28. The molecule has 0 bridgehead atoms. The number of likely N-dealkylation sites (tertiary alicyclic amines) is 1. The minimum Gasteiger partial charge on any atom is -0.307 e. The molecule has 1 aliphatic rings. The quantitative estimate of drug-likeness (QED) is 0.615. The Kier molecular flexibility index (Phi) is 9.48. The molecule has 3 nitrogen and oxygen atoms in total. The van der Waals surface area contributed by atoms with Crippen LogP contribution in [-0.2, 0) is 0 Å². The Balaban J connectivity index is 2.09. The van der Waals surface area contributed by atoms with E-state index in [0.717, 1.165) is 12.6 Å². The van der Waals surface area contributed by atoms with Gasteiger partial charge in [0, 0.05) is 6.67 Å². The zero-order chi connectivity index (χ0) is 13.9. The van der Waals surface area contributed by atoms with Gasteiger partial charge in [-0.1, -0.05) is 13.8 Å². The van der Waals surface area contributed by atoms with Gasteiger partial charge in [-0.15, -0.1) is 0 Å². The van der Waals surface area contributed by atoms with Gasteiger partial charge in [0.1, 0.15) is 0 Å². The highest BCUT2D eigenvalue weighted by molar-refractivity contribution is 4.72. The summed E-state index contributed by atoms with van der Waals surface area (Å²) in [6.07, 6.45) is 8.24. The van der Waals surface area contributed by atoms with Crippen LogP contribution in [0, 0.1) is 5.92 Å². The first-order chi connectivity index (χ1) is 9.30. The lowest BCUT2D eigenvalue weighted by Gasteiger charge is -2.32. The predicted octanol–water partition coefficient (Wildman–Crippen LogP) is 2.78. The summed E-state index contributed by atoms with van der Waals surface area (Å²) in [6, 6.07) is 0. The molecular weight excluding hydrogens is 234 g/mol. The topological polar surface area (TPSA) is 18.5 Å². The van der Waals surface area contributed by atoms with Gasteiger partial charge in [0.05, 0.1) is 0 Å². The van der Waals surface area contributed by atoms with Gasteiger partial charge in [-0.05, 0) is 84.2 Å². The molecule has 0 atom stereocenters. The average Bonchev–Trinajstić information content (AvgIpc) is 2.41. The number of nitrogens with one attached hydrogen (secondary N) is 1. The molecule has 1 saturated heterocycles. The van der Waals surface area contributed by atoms with E-state index in [4.69, 9.17) is 0 Å². The first-order valence-electron chi connectivity index (χ1n) is 8.39. The number of hydrogen-bond donors (Lipinski definition) is 1. The Morgan fingerprint density at radius 2 is 1.84 bits per heavy atom. The Bertz CT molecular complexity index is 194. The molecule has 1 rings (SSSR count).